The predicted molar refractivity (Wildman–Crippen MR) is 108 cm³/mol. The molecule has 1 aliphatic heterocycles. The number of rotatable bonds is 6. The summed E-state index contributed by atoms with van der Waals surface area (Å²) in [6.07, 6.45) is 3.42. The van der Waals surface area contributed by atoms with Crippen molar-refractivity contribution < 1.29 is 14.2 Å². The minimum absolute atomic E-state index is 0.0977. The Morgan fingerprint density at radius 2 is 1.48 bits per heavy atom. The highest BCUT2D eigenvalue weighted by Crippen LogP contribution is 2.22. The van der Waals surface area contributed by atoms with Gasteiger partial charge in [0.15, 0.2) is 6.29 Å². The van der Waals surface area contributed by atoms with Gasteiger partial charge in [-0.15, -0.1) is 0 Å². The van der Waals surface area contributed by atoms with Gasteiger partial charge in [-0.2, -0.15) is 0 Å². The lowest BCUT2D eigenvalue weighted by Crippen LogP contribution is -2.28. The van der Waals surface area contributed by atoms with Crippen LogP contribution in [0.1, 0.15) is 55.7 Å². The van der Waals surface area contributed by atoms with Crippen molar-refractivity contribution >= 4 is 0 Å². The van der Waals surface area contributed by atoms with Gasteiger partial charge in [0.05, 0.1) is 19.8 Å². The summed E-state index contributed by atoms with van der Waals surface area (Å²) in [6.45, 7) is 6.32. The van der Waals surface area contributed by atoms with Crippen LogP contribution in [0.4, 0.5) is 0 Å². The van der Waals surface area contributed by atoms with E-state index in [0.29, 0.717) is 19.1 Å². The molecule has 0 spiro atoms. The lowest BCUT2D eigenvalue weighted by atomic mass is 9.99. The Labute approximate surface area is 162 Å². The van der Waals surface area contributed by atoms with Crippen molar-refractivity contribution in [2.75, 3.05) is 19.8 Å². The molecule has 3 rings (SSSR count). The van der Waals surface area contributed by atoms with E-state index < -0.39 is 0 Å². The second-order valence-corrected chi connectivity index (χ2v) is 6.88. The van der Waals surface area contributed by atoms with Crippen molar-refractivity contribution in [2.45, 2.75) is 45.3 Å². The number of unbranched alkanes of at least 4 members (excludes halogenated alkanes) is 2. The molecule has 1 saturated heterocycles. The number of benzene rings is 2. The number of hydrogen-bond acceptors (Lipinski definition) is 3. The lowest BCUT2D eigenvalue weighted by molar-refractivity contribution is -0.176. The van der Waals surface area contributed by atoms with Crippen molar-refractivity contribution in [2.24, 2.45) is 0 Å². The summed E-state index contributed by atoms with van der Waals surface area (Å²) in [5.41, 5.74) is 3.23. The molecule has 0 bridgehead atoms. The highest BCUT2D eigenvalue weighted by molar-refractivity contribution is 5.45. The molecule has 142 valence electrons. The minimum Gasteiger partial charge on any atom is -0.494 e. The molecule has 0 N–H and O–H groups in total. The molecule has 0 aliphatic carbocycles. The lowest BCUT2D eigenvalue weighted by Gasteiger charge is -2.27. The molecule has 0 unspecified atom stereocenters. The minimum atomic E-state index is -0.0977. The SMILES string of the molecule is CCCCCOc1ccc(C#Cc2ccc(C3COC(C)OC3)cc2)cc1. The Balaban J connectivity index is 1.54. The van der Waals surface area contributed by atoms with E-state index in [0.717, 1.165) is 29.9 Å². The largest absolute Gasteiger partial charge is 0.494 e. The van der Waals surface area contributed by atoms with Crippen LogP contribution in [0.5, 0.6) is 5.75 Å². The van der Waals surface area contributed by atoms with Crippen molar-refractivity contribution in [1.82, 2.24) is 0 Å². The first-order chi connectivity index (χ1) is 13.2. The van der Waals surface area contributed by atoms with Gasteiger partial charge in [-0.1, -0.05) is 43.7 Å². The zero-order chi connectivity index (χ0) is 18.9. The zero-order valence-corrected chi connectivity index (χ0v) is 16.2. The summed E-state index contributed by atoms with van der Waals surface area (Å²) in [5.74, 6) is 7.65. The molecule has 2 aromatic carbocycles. The molecule has 0 aromatic heterocycles. The molecule has 0 saturated carbocycles. The van der Waals surface area contributed by atoms with E-state index in [2.05, 4.69) is 43.0 Å². The average Bonchev–Trinajstić information content (AvgIpc) is 2.72. The topological polar surface area (TPSA) is 27.7 Å². The summed E-state index contributed by atoms with van der Waals surface area (Å²) in [6, 6.07) is 16.3. The predicted octanol–water partition coefficient (Wildman–Crippen LogP) is 5.13. The zero-order valence-electron chi connectivity index (χ0n) is 16.2. The first-order valence-electron chi connectivity index (χ1n) is 9.82. The van der Waals surface area contributed by atoms with Crippen LogP contribution in [0.15, 0.2) is 48.5 Å². The van der Waals surface area contributed by atoms with E-state index in [1.54, 1.807) is 0 Å². The Bertz CT molecular complexity index is 745. The smallest absolute Gasteiger partial charge is 0.154 e. The van der Waals surface area contributed by atoms with Crippen LogP contribution < -0.4 is 4.74 Å². The Kier molecular flexibility index (Phi) is 7.33. The maximum absolute atomic E-state index is 5.73. The van der Waals surface area contributed by atoms with Gasteiger partial charge in [0.1, 0.15) is 5.75 Å². The van der Waals surface area contributed by atoms with Crippen molar-refractivity contribution in [3.8, 4) is 17.6 Å². The fraction of sp³-hybridized carbons (Fsp3) is 0.417. The van der Waals surface area contributed by atoms with E-state index >= 15 is 0 Å². The summed E-state index contributed by atoms with van der Waals surface area (Å²) < 4.78 is 16.9. The maximum atomic E-state index is 5.73. The van der Waals surface area contributed by atoms with Crippen LogP contribution in [0, 0.1) is 11.8 Å². The van der Waals surface area contributed by atoms with Crippen molar-refractivity contribution in [3.63, 3.8) is 0 Å². The van der Waals surface area contributed by atoms with Crippen LogP contribution in [0.25, 0.3) is 0 Å². The van der Waals surface area contributed by atoms with Gasteiger partial charge in [-0.05, 0) is 55.3 Å². The molecule has 3 nitrogen and oxygen atoms in total. The third-order valence-electron chi connectivity index (χ3n) is 4.67. The second-order valence-electron chi connectivity index (χ2n) is 6.88. The van der Waals surface area contributed by atoms with Gasteiger partial charge in [0.2, 0.25) is 0 Å². The van der Waals surface area contributed by atoms with Crippen LogP contribution >= 0.6 is 0 Å². The maximum Gasteiger partial charge on any atom is 0.154 e. The van der Waals surface area contributed by atoms with Crippen LogP contribution in [0.2, 0.25) is 0 Å². The van der Waals surface area contributed by atoms with E-state index in [1.165, 1.54) is 18.4 Å². The normalized spacial score (nSPS) is 19.2. The molecular formula is C24H28O3. The van der Waals surface area contributed by atoms with Crippen LogP contribution in [-0.4, -0.2) is 26.1 Å². The highest BCUT2D eigenvalue weighted by Gasteiger charge is 2.20. The molecule has 27 heavy (non-hydrogen) atoms. The Morgan fingerprint density at radius 1 is 0.889 bits per heavy atom. The van der Waals surface area contributed by atoms with Gasteiger partial charge < -0.3 is 14.2 Å². The van der Waals surface area contributed by atoms with E-state index in [1.807, 2.05) is 31.2 Å². The molecule has 3 heteroatoms. The Hall–Kier alpha value is -2.28. The monoisotopic (exact) mass is 364 g/mol. The third-order valence-corrected chi connectivity index (χ3v) is 4.67. The molecule has 1 heterocycles. The molecular weight excluding hydrogens is 336 g/mol. The average molecular weight is 364 g/mol. The van der Waals surface area contributed by atoms with Crippen molar-refractivity contribution in [1.29, 1.82) is 0 Å². The van der Waals surface area contributed by atoms with Gasteiger partial charge >= 0.3 is 0 Å². The highest BCUT2D eigenvalue weighted by atomic mass is 16.7. The molecule has 2 aromatic rings. The molecule has 0 amide bonds. The van der Waals surface area contributed by atoms with E-state index in [9.17, 15) is 0 Å². The first kappa shape index (κ1) is 19.5. The fourth-order valence-electron chi connectivity index (χ4n) is 2.95. The van der Waals surface area contributed by atoms with Gasteiger partial charge in [-0.25, -0.2) is 0 Å². The van der Waals surface area contributed by atoms with Crippen LogP contribution in [-0.2, 0) is 9.47 Å². The second kappa shape index (κ2) is 10.2. The van der Waals surface area contributed by atoms with E-state index in [-0.39, 0.29) is 6.29 Å². The van der Waals surface area contributed by atoms with Gasteiger partial charge in [-0.3, -0.25) is 0 Å². The fourth-order valence-corrected chi connectivity index (χ4v) is 2.95. The number of ether oxygens (including phenoxy) is 3. The summed E-state index contributed by atoms with van der Waals surface area (Å²) in [7, 11) is 0. The quantitative estimate of drug-likeness (QED) is 0.525. The molecule has 0 atom stereocenters. The van der Waals surface area contributed by atoms with Crippen LogP contribution in [0.3, 0.4) is 0 Å². The van der Waals surface area contributed by atoms with Gasteiger partial charge in [0.25, 0.3) is 0 Å². The van der Waals surface area contributed by atoms with Gasteiger partial charge in [0, 0.05) is 17.0 Å². The summed E-state index contributed by atoms with van der Waals surface area (Å²) >= 11 is 0. The molecule has 0 radical (unpaired) electrons. The summed E-state index contributed by atoms with van der Waals surface area (Å²) in [5, 5.41) is 0. The summed E-state index contributed by atoms with van der Waals surface area (Å²) in [4.78, 5) is 0. The van der Waals surface area contributed by atoms with E-state index in [4.69, 9.17) is 14.2 Å². The Morgan fingerprint density at radius 3 is 2.07 bits per heavy atom. The molecule has 1 fully saturated rings. The number of hydrogen-bond donors (Lipinski definition) is 0. The van der Waals surface area contributed by atoms with Crippen molar-refractivity contribution in [3.05, 3.63) is 65.2 Å². The molecule has 1 aliphatic rings. The first-order valence-corrected chi connectivity index (χ1v) is 9.82. The third kappa shape index (κ3) is 6.13. The standard InChI is InChI=1S/C24H28O3/c1-3-4-5-16-25-24-14-10-21(11-15-24)7-6-20-8-12-22(13-9-20)23-17-26-19(2)27-18-23/h8-15,19,23H,3-5,16-18H2,1-2H3.